The molecule has 0 saturated carbocycles. The van der Waals surface area contributed by atoms with E-state index in [2.05, 4.69) is 5.32 Å². The first-order valence-corrected chi connectivity index (χ1v) is 9.79. The number of nitrogens with one attached hydrogen (secondary N) is 1. The van der Waals surface area contributed by atoms with Gasteiger partial charge in [0, 0.05) is 6.54 Å². The molecule has 0 aliphatic rings. The zero-order valence-electron chi connectivity index (χ0n) is 16.8. The summed E-state index contributed by atoms with van der Waals surface area (Å²) in [5.74, 6) is 0.261. The third-order valence-electron chi connectivity index (χ3n) is 4.57. The lowest BCUT2D eigenvalue weighted by atomic mass is 10.0. The number of aliphatic hydroxyl groups is 2. The van der Waals surface area contributed by atoms with Crippen LogP contribution in [0.3, 0.4) is 0 Å². The van der Waals surface area contributed by atoms with Gasteiger partial charge in [0.25, 0.3) is 0 Å². The molecule has 3 rings (SSSR count). The van der Waals surface area contributed by atoms with Gasteiger partial charge in [-0.1, -0.05) is 54.6 Å². The van der Waals surface area contributed by atoms with Crippen LogP contribution in [0, 0.1) is 5.82 Å². The SMILES string of the molecule is O=C(NCC(O)C(O)c1ccc(OCc2ccc(F)cc2)cc1)OCc1ccccc1. The fourth-order valence-electron chi connectivity index (χ4n) is 2.80. The number of rotatable bonds is 9. The maximum atomic E-state index is 12.9. The van der Waals surface area contributed by atoms with E-state index in [1.807, 2.05) is 30.3 Å². The Balaban J connectivity index is 1.42. The van der Waals surface area contributed by atoms with Crippen molar-refractivity contribution >= 4 is 6.09 Å². The highest BCUT2D eigenvalue weighted by Crippen LogP contribution is 2.21. The molecule has 2 atom stereocenters. The predicted octanol–water partition coefficient (Wildman–Crippen LogP) is 3.73. The molecular formula is C24H24FNO5. The maximum absolute atomic E-state index is 12.9. The lowest BCUT2D eigenvalue weighted by molar-refractivity contribution is 0.0184. The van der Waals surface area contributed by atoms with E-state index in [0.29, 0.717) is 11.3 Å². The van der Waals surface area contributed by atoms with E-state index in [4.69, 9.17) is 9.47 Å². The summed E-state index contributed by atoms with van der Waals surface area (Å²) in [6, 6.07) is 21.8. The lowest BCUT2D eigenvalue weighted by Crippen LogP contribution is -2.35. The molecule has 0 saturated heterocycles. The van der Waals surface area contributed by atoms with Crippen LogP contribution >= 0.6 is 0 Å². The largest absolute Gasteiger partial charge is 0.489 e. The fraction of sp³-hybridized carbons (Fsp3) is 0.208. The minimum absolute atomic E-state index is 0.116. The number of amides is 1. The van der Waals surface area contributed by atoms with Gasteiger partial charge in [-0.3, -0.25) is 0 Å². The van der Waals surface area contributed by atoms with Gasteiger partial charge >= 0.3 is 6.09 Å². The van der Waals surface area contributed by atoms with Gasteiger partial charge in [-0.15, -0.1) is 0 Å². The molecule has 7 heteroatoms. The van der Waals surface area contributed by atoms with Crippen molar-refractivity contribution in [1.82, 2.24) is 5.32 Å². The first-order chi connectivity index (χ1) is 15.0. The van der Waals surface area contributed by atoms with E-state index in [-0.39, 0.29) is 25.6 Å². The van der Waals surface area contributed by atoms with Crippen LogP contribution in [0.4, 0.5) is 9.18 Å². The molecule has 3 N–H and O–H groups in total. The van der Waals surface area contributed by atoms with Crippen LogP contribution in [0.25, 0.3) is 0 Å². The third-order valence-corrected chi connectivity index (χ3v) is 4.57. The van der Waals surface area contributed by atoms with E-state index < -0.39 is 18.3 Å². The molecule has 3 aromatic carbocycles. The molecule has 0 radical (unpaired) electrons. The van der Waals surface area contributed by atoms with Crippen LogP contribution < -0.4 is 10.1 Å². The molecule has 0 aromatic heterocycles. The van der Waals surface area contributed by atoms with Gasteiger partial charge < -0.3 is 25.0 Å². The van der Waals surface area contributed by atoms with Gasteiger partial charge in [-0.2, -0.15) is 0 Å². The summed E-state index contributed by atoms with van der Waals surface area (Å²) >= 11 is 0. The summed E-state index contributed by atoms with van der Waals surface area (Å²) in [4.78, 5) is 11.8. The Morgan fingerprint density at radius 1 is 0.871 bits per heavy atom. The second-order valence-electron chi connectivity index (χ2n) is 6.94. The Kier molecular flexibility index (Phi) is 7.98. The van der Waals surface area contributed by atoms with E-state index in [1.54, 1.807) is 36.4 Å². The second-order valence-corrected chi connectivity index (χ2v) is 6.94. The van der Waals surface area contributed by atoms with Gasteiger partial charge in [0.1, 0.15) is 37.0 Å². The van der Waals surface area contributed by atoms with Crippen LogP contribution in [0.1, 0.15) is 22.8 Å². The van der Waals surface area contributed by atoms with Crippen molar-refractivity contribution in [2.24, 2.45) is 0 Å². The van der Waals surface area contributed by atoms with Gasteiger partial charge in [-0.05, 0) is 41.0 Å². The summed E-state index contributed by atoms with van der Waals surface area (Å²) in [7, 11) is 0. The highest BCUT2D eigenvalue weighted by Gasteiger charge is 2.19. The highest BCUT2D eigenvalue weighted by atomic mass is 19.1. The van der Waals surface area contributed by atoms with E-state index in [0.717, 1.165) is 11.1 Å². The molecule has 0 fully saturated rings. The number of hydrogen-bond donors (Lipinski definition) is 3. The molecule has 31 heavy (non-hydrogen) atoms. The zero-order chi connectivity index (χ0) is 22.1. The van der Waals surface area contributed by atoms with Crippen molar-refractivity contribution in [2.75, 3.05) is 6.54 Å². The topological polar surface area (TPSA) is 88.0 Å². The normalized spacial score (nSPS) is 12.6. The molecule has 162 valence electrons. The third kappa shape index (κ3) is 7.09. The van der Waals surface area contributed by atoms with Crippen LogP contribution in [-0.2, 0) is 18.0 Å². The Hall–Kier alpha value is -3.42. The lowest BCUT2D eigenvalue weighted by Gasteiger charge is -2.19. The molecular weight excluding hydrogens is 401 g/mol. The highest BCUT2D eigenvalue weighted by molar-refractivity contribution is 5.67. The minimum Gasteiger partial charge on any atom is -0.489 e. The molecule has 2 unspecified atom stereocenters. The first-order valence-electron chi connectivity index (χ1n) is 9.79. The number of carbonyl (C=O) groups is 1. The molecule has 0 aliphatic heterocycles. The number of benzene rings is 3. The van der Waals surface area contributed by atoms with Crippen molar-refractivity contribution in [2.45, 2.75) is 25.4 Å². The summed E-state index contributed by atoms with van der Waals surface area (Å²) in [6.07, 6.45) is -3.09. The summed E-state index contributed by atoms with van der Waals surface area (Å²) in [5, 5.41) is 22.9. The predicted molar refractivity (Wildman–Crippen MR) is 113 cm³/mol. The van der Waals surface area contributed by atoms with Gasteiger partial charge in [0.2, 0.25) is 0 Å². The number of ether oxygens (including phenoxy) is 2. The zero-order valence-corrected chi connectivity index (χ0v) is 16.8. The maximum Gasteiger partial charge on any atom is 0.407 e. The van der Waals surface area contributed by atoms with E-state index >= 15 is 0 Å². The Morgan fingerprint density at radius 3 is 2.19 bits per heavy atom. The minimum atomic E-state index is -1.21. The van der Waals surface area contributed by atoms with Crippen LogP contribution in [0.15, 0.2) is 78.9 Å². The van der Waals surface area contributed by atoms with Crippen molar-refractivity contribution in [3.8, 4) is 5.75 Å². The second kappa shape index (κ2) is 11.1. The van der Waals surface area contributed by atoms with Crippen molar-refractivity contribution < 1.29 is 28.9 Å². The van der Waals surface area contributed by atoms with Gasteiger partial charge in [0.05, 0.1) is 0 Å². The monoisotopic (exact) mass is 425 g/mol. The Bertz CT molecular complexity index is 948. The number of halogens is 1. The van der Waals surface area contributed by atoms with Crippen molar-refractivity contribution in [3.05, 3.63) is 101 Å². The molecule has 0 heterocycles. The molecule has 6 nitrogen and oxygen atoms in total. The van der Waals surface area contributed by atoms with Crippen molar-refractivity contribution in [1.29, 1.82) is 0 Å². The van der Waals surface area contributed by atoms with Crippen LogP contribution in [-0.4, -0.2) is 29.0 Å². The van der Waals surface area contributed by atoms with E-state index in [9.17, 15) is 19.4 Å². The van der Waals surface area contributed by atoms with Crippen LogP contribution in [0.2, 0.25) is 0 Å². The number of hydrogen-bond acceptors (Lipinski definition) is 5. The molecule has 0 aliphatic carbocycles. The molecule has 1 amide bonds. The first kappa shape index (κ1) is 22.3. The molecule has 0 spiro atoms. The smallest absolute Gasteiger partial charge is 0.407 e. The number of carbonyl (C=O) groups excluding carboxylic acids is 1. The average molecular weight is 425 g/mol. The van der Waals surface area contributed by atoms with Crippen LogP contribution in [0.5, 0.6) is 5.75 Å². The standard InChI is InChI=1S/C24H24FNO5/c25-20-10-6-18(7-11-20)15-30-21-12-8-19(9-13-21)23(28)22(27)14-26-24(29)31-16-17-4-2-1-3-5-17/h1-13,22-23,27-28H,14-16H2,(H,26,29). The molecule has 3 aromatic rings. The van der Waals surface area contributed by atoms with Gasteiger partial charge in [0.15, 0.2) is 0 Å². The number of aliphatic hydroxyl groups excluding tert-OH is 2. The Morgan fingerprint density at radius 2 is 1.52 bits per heavy atom. The summed E-state index contributed by atoms with van der Waals surface area (Å²) < 4.78 is 23.6. The van der Waals surface area contributed by atoms with E-state index in [1.165, 1.54) is 12.1 Å². The number of alkyl carbamates (subject to hydrolysis) is 1. The molecule has 0 bridgehead atoms. The fourth-order valence-corrected chi connectivity index (χ4v) is 2.80. The average Bonchev–Trinajstić information content (AvgIpc) is 2.81. The van der Waals surface area contributed by atoms with Crippen molar-refractivity contribution in [3.63, 3.8) is 0 Å². The quantitative estimate of drug-likeness (QED) is 0.486. The summed E-state index contributed by atoms with van der Waals surface area (Å²) in [5.41, 5.74) is 2.15. The van der Waals surface area contributed by atoms with Gasteiger partial charge in [-0.25, -0.2) is 9.18 Å². The Labute approximate surface area is 179 Å². The summed E-state index contributed by atoms with van der Waals surface area (Å²) in [6.45, 7) is 0.224.